The van der Waals surface area contributed by atoms with Crippen LogP contribution < -0.4 is 0 Å². The molecule has 4 nitrogen and oxygen atoms in total. The van der Waals surface area contributed by atoms with E-state index in [1.807, 2.05) is 35.4 Å². The SMILES string of the molecule is CC(=O)N1CCC[C@H]1c1ncc(-c2ccc(Br)cc2)[nH]1. The molecule has 1 saturated heterocycles. The minimum atomic E-state index is 0.0942. The highest BCUT2D eigenvalue weighted by Crippen LogP contribution is 2.31. The van der Waals surface area contributed by atoms with Crippen LogP contribution in [0.5, 0.6) is 0 Å². The van der Waals surface area contributed by atoms with Gasteiger partial charge in [0.1, 0.15) is 5.82 Å². The average molecular weight is 334 g/mol. The maximum atomic E-state index is 11.6. The summed E-state index contributed by atoms with van der Waals surface area (Å²) in [6, 6.07) is 8.19. The zero-order valence-corrected chi connectivity index (χ0v) is 12.9. The van der Waals surface area contributed by atoms with Gasteiger partial charge in [0.2, 0.25) is 5.91 Å². The van der Waals surface area contributed by atoms with Gasteiger partial charge in [-0.25, -0.2) is 4.98 Å². The number of benzene rings is 1. The Morgan fingerprint density at radius 2 is 2.15 bits per heavy atom. The van der Waals surface area contributed by atoms with E-state index in [9.17, 15) is 4.79 Å². The van der Waals surface area contributed by atoms with Gasteiger partial charge >= 0.3 is 0 Å². The van der Waals surface area contributed by atoms with Gasteiger partial charge in [-0.2, -0.15) is 0 Å². The Morgan fingerprint density at radius 1 is 1.40 bits per heavy atom. The van der Waals surface area contributed by atoms with Gasteiger partial charge in [0.25, 0.3) is 0 Å². The maximum Gasteiger partial charge on any atom is 0.220 e. The van der Waals surface area contributed by atoms with E-state index in [1.165, 1.54) is 0 Å². The van der Waals surface area contributed by atoms with Crippen LogP contribution in [0.25, 0.3) is 11.3 Å². The molecule has 0 unspecified atom stereocenters. The van der Waals surface area contributed by atoms with Gasteiger partial charge in [-0.15, -0.1) is 0 Å². The molecule has 0 bridgehead atoms. The number of carbonyl (C=O) groups excluding carboxylic acids is 1. The number of nitrogens with zero attached hydrogens (tertiary/aromatic N) is 2. The molecular formula is C15H16BrN3O. The van der Waals surface area contributed by atoms with Gasteiger partial charge in [0.15, 0.2) is 0 Å². The summed E-state index contributed by atoms with van der Waals surface area (Å²) in [5, 5.41) is 0. The molecule has 0 saturated carbocycles. The number of nitrogens with one attached hydrogen (secondary N) is 1. The normalized spacial score (nSPS) is 18.5. The zero-order valence-electron chi connectivity index (χ0n) is 11.3. The first kappa shape index (κ1) is 13.4. The second-order valence-corrected chi connectivity index (χ2v) is 5.98. The van der Waals surface area contributed by atoms with Crippen LogP contribution >= 0.6 is 15.9 Å². The van der Waals surface area contributed by atoms with E-state index >= 15 is 0 Å². The van der Waals surface area contributed by atoms with Crippen molar-refractivity contribution >= 4 is 21.8 Å². The molecule has 104 valence electrons. The predicted molar refractivity (Wildman–Crippen MR) is 81.1 cm³/mol. The molecule has 1 aromatic heterocycles. The van der Waals surface area contributed by atoms with E-state index in [4.69, 9.17) is 0 Å². The molecule has 1 fully saturated rings. The topological polar surface area (TPSA) is 49.0 Å². The number of carbonyl (C=O) groups is 1. The summed E-state index contributed by atoms with van der Waals surface area (Å²) >= 11 is 3.43. The van der Waals surface area contributed by atoms with Crippen molar-refractivity contribution in [3.05, 3.63) is 40.8 Å². The van der Waals surface area contributed by atoms with Crippen molar-refractivity contribution in [2.24, 2.45) is 0 Å². The molecule has 1 aromatic carbocycles. The Morgan fingerprint density at radius 3 is 2.85 bits per heavy atom. The summed E-state index contributed by atoms with van der Waals surface area (Å²) in [4.78, 5) is 21.3. The van der Waals surface area contributed by atoms with Gasteiger partial charge in [0.05, 0.1) is 17.9 Å². The van der Waals surface area contributed by atoms with Crippen LogP contribution in [0.3, 0.4) is 0 Å². The Hall–Kier alpha value is -1.62. The molecule has 1 atom stereocenters. The van der Waals surface area contributed by atoms with Crippen molar-refractivity contribution in [3.8, 4) is 11.3 Å². The molecule has 0 radical (unpaired) electrons. The molecule has 3 rings (SSSR count). The van der Waals surface area contributed by atoms with Crippen LogP contribution in [0.4, 0.5) is 0 Å². The van der Waals surface area contributed by atoms with Crippen molar-refractivity contribution < 1.29 is 4.79 Å². The number of halogens is 1. The predicted octanol–water partition coefficient (Wildman–Crippen LogP) is 3.52. The molecule has 0 spiro atoms. The van der Waals surface area contributed by atoms with E-state index in [1.54, 1.807) is 6.92 Å². The molecule has 2 aromatic rings. The lowest BCUT2D eigenvalue weighted by molar-refractivity contribution is -0.129. The van der Waals surface area contributed by atoms with Gasteiger partial charge in [-0.05, 0) is 30.5 Å². The molecule has 1 amide bonds. The molecular weight excluding hydrogens is 318 g/mol. The molecule has 1 aliphatic rings. The molecule has 0 aliphatic carbocycles. The smallest absolute Gasteiger partial charge is 0.220 e. The third-order valence-corrected chi connectivity index (χ3v) is 4.25. The minimum absolute atomic E-state index is 0.0942. The van der Waals surface area contributed by atoms with Crippen LogP contribution in [0.1, 0.15) is 31.6 Å². The third-order valence-electron chi connectivity index (χ3n) is 3.72. The lowest BCUT2D eigenvalue weighted by Crippen LogP contribution is -2.28. The van der Waals surface area contributed by atoms with Crippen molar-refractivity contribution in [1.82, 2.24) is 14.9 Å². The summed E-state index contributed by atoms with van der Waals surface area (Å²) in [5.74, 6) is 1.00. The summed E-state index contributed by atoms with van der Waals surface area (Å²) in [7, 11) is 0. The van der Waals surface area contributed by atoms with E-state index in [0.29, 0.717) is 0 Å². The summed E-state index contributed by atoms with van der Waals surface area (Å²) in [6.07, 6.45) is 3.86. The molecule has 20 heavy (non-hydrogen) atoms. The number of aromatic amines is 1. The average Bonchev–Trinajstić information content (AvgIpc) is 3.08. The lowest BCUT2D eigenvalue weighted by Gasteiger charge is -2.21. The van der Waals surface area contributed by atoms with Crippen LogP contribution in [0.15, 0.2) is 34.9 Å². The quantitative estimate of drug-likeness (QED) is 0.913. The van der Waals surface area contributed by atoms with Crippen LogP contribution in [-0.2, 0) is 4.79 Å². The Labute approximate surface area is 126 Å². The standard InChI is InChI=1S/C15H16BrN3O/c1-10(20)19-8-2-3-14(19)15-17-9-13(18-15)11-4-6-12(16)7-5-11/h4-7,9,14H,2-3,8H2,1H3,(H,17,18)/t14-/m0/s1. The van der Waals surface area contributed by atoms with Crippen molar-refractivity contribution in [2.45, 2.75) is 25.8 Å². The Bertz CT molecular complexity index is 620. The van der Waals surface area contributed by atoms with Gasteiger partial charge in [-0.3, -0.25) is 4.79 Å². The van der Waals surface area contributed by atoms with Crippen LogP contribution in [0, 0.1) is 0 Å². The Balaban J connectivity index is 1.86. The van der Waals surface area contributed by atoms with Gasteiger partial charge in [0, 0.05) is 17.9 Å². The molecule has 2 heterocycles. The van der Waals surface area contributed by atoms with E-state index < -0.39 is 0 Å². The highest BCUT2D eigenvalue weighted by atomic mass is 79.9. The number of hydrogen-bond donors (Lipinski definition) is 1. The Kier molecular flexibility index (Phi) is 3.61. The highest BCUT2D eigenvalue weighted by molar-refractivity contribution is 9.10. The number of amides is 1. The van der Waals surface area contributed by atoms with E-state index in [0.717, 1.165) is 40.9 Å². The van der Waals surface area contributed by atoms with Crippen molar-refractivity contribution in [1.29, 1.82) is 0 Å². The lowest BCUT2D eigenvalue weighted by atomic mass is 10.2. The van der Waals surface area contributed by atoms with Crippen LogP contribution in [0.2, 0.25) is 0 Å². The molecule has 1 N–H and O–H groups in total. The molecule has 1 aliphatic heterocycles. The number of aromatic nitrogens is 2. The summed E-state index contributed by atoms with van der Waals surface area (Å²) in [5.41, 5.74) is 2.09. The zero-order chi connectivity index (χ0) is 14.1. The van der Waals surface area contributed by atoms with E-state index in [2.05, 4.69) is 25.9 Å². The second-order valence-electron chi connectivity index (χ2n) is 5.06. The largest absolute Gasteiger partial charge is 0.340 e. The first-order valence-corrected chi connectivity index (χ1v) is 7.52. The van der Waals surface area contributed by atoms with Crippen molar-refractivity contribution in [3.63, 3.8) is 0 Å². The second kappa shape index (κ2) is 5.40. The number of hydrogen-bond acceptors (Lipinski definition) is 2. The number of H-pyrrole nitrogens is 1. The monoisotopic (exact) mass is 333 g/mol. The fourth-order valence-corrected chi connectivity index (χ4v) is 2.97. The summed E-state index contributed by atoms with van der Waals surface area (Å²) < 4.78 is 1.06. The van der Waals surface area contributed by atoms with Gasteiger partial charge in [-0.1, -0.05) is 28.1 Å². The third kappa shape index (κ3) is 2.50. The summed E-state index contributed by atoms with van der Waals surface area (Å²) in [6.45, 7) is 2.45. The number of rotatable bonds is 2. The fourth-order valence-electron chi connectivity index (χ4n) is 2.71. The number of imidazole rings is 1. The first-order chi connectivity index (χ1) is 9.65. The van der Waals surface area contributed by atoms with Crippen molar-refractivity contribution in [2.75, 3.05) is 6.54 Å². The molecule has 5 heteroatoms. The highest BCUT2D eigenvalue weighted by Gasteiger charge is 2.29. The van der Waals surface area contributed by atoms with E-state index in [-0.39, 0.29) is 11.9 Å². The minimum Gasteiger partial charge on any atom is -0.340 e. The number of likely N-dealkylation sites (tertiary alicyclic amines) is 1. The maximum absolute atomic E-state index is 11.6. The fraction of sp³-hybridized carbons (Fsp3) is 0.333. The van der Waals surface area contributed by atoms with Crippen LogP contribution in [-0.4, -0.2) is 27.3 Å². The van der Waals surface area contributed by atoms with Gasteiger partial charge < -0.3 is 9.88 Å². The first-order valence-electron chi connectivity index (χ1n) is 6.73.